The van der Waals surface area contributed by atoms with E-state index in [1.54, 1.807) is 0 Å². The predicted molar refractivity (Wildman–Crippen MR) is 215 cm³/mol. The molecular formula is C46H24O2S2. The van der Waals surface area contributed by atoms with Gasteiger partial charge in [-0.3, -0.25) is 0 Å². The summed E-state index contributed by atoms with van der Waals surface area (Å²) in [6.07, 6.45) is 0. The maximum absolute atomic E-state index is 6.61. The van der Waals surface area contributed by atoms with Gasteiger partial charge in [0, 0.05) is 51.8 Å². The van der Waals surface area contributed by atoms with Gasteiger partial charge < -0.3 is 8.83 Å². The first-order valence-corrected chi connectivity index (χ1v) is 18.5. The molecule has 0 N–H and O–H groups in total. The molecule has 0 radical (unpaired) electrons. The van der Waals surface area contributed by atoms with Gasteiger partial charge >= 0.3 is 0 Å². The minimum Gasteiger partial charge on any atom is -0.456 e. The van der Waals surface area contributed by atoms with E-state index in [-0.39, 0.29) is 0 Å². The Bertz CT molecular complexity index is 3330. The van der Waals surface area contributed by atoms with Crippen molar-refractivity contribution in [2.24, 2.45) is 0 Å². The van der Waals surface area contributed by atoms with Crippen LogP contribution in [0.25, 0.3) is 118 Å². The van der Waals surface area contributed by atoms with E-state index >= 15 is 0 Å². The number of fused-ring (bicyclic) bond motifs is 14. The molecule has 4 heterocycles. The smallest absolute Gasteiger partial charge is 0.136 e. The zero-order valence-electron chi connectivity index (χ0n) is 26.5. The molecule has 0 saturated carbocycles. The van der Waals surface area contributed by atoms with E-state index in [0.717, 1.165) is 49.4 Å². The number of benzene rings is 8. The summed E-state index contributed by atoms with van der Waals surface area (Å²) in [6, 6.07) is 50.7. The minimum absolute atomic E-state index is 0.873. The average molecular weight is 673 g/mol. The van der Waals surface area contributed by atoms with E-state index in [1.165, 1.54) is 68.5 Å². The summed E-state index contributed by atoms with van der Waals surface area (Å²) in [5, 5.41) is 15.6. The quantitative estimate of drug-likeness (QED) is 0.171. The van der Waals surface area contributed by atoms with Gasteiger partial charge in [-0.05, 0) is 110 Å². The van der Waals surface area contributed by atoms with E-state index in [4.69, 9.17) is 8.83 Å². The molecule has 232 valence electrons. The summed E-state index contributed by atoms with van der Waals surface area (Å²) in [5.74, 6) is 0. The summed E-state index contributed by atoms with van der Waals surface area (Å²) in [6.45, 7) is 0. The van der Waals surface area contributed by atoms with E-state index in [1.807, 2.05) is 46.9 Å². The lowest BCUT2D eigenvalue weighted by Crippen LogP contribution is -1.90. The van der Waals surface area contributed by atoms with Crippen molar-refractivity contribution in [2.45, 2.75) is 0 Å². The number of hydrogen-bond donors (Lipinski definition) is 0. The first-order chi connectivity index (χ1) is 24.8. The highest BCUT2D eigenvalue weighted by Crippen LogP contribution is 2.48. The van der Waals surface area contributed by atoms with Crippen LogP contribution in [0.15, 0.2) is 154 Å². The SMILES string of the molecule is c1ccc2c(c1)oc1ccc3oc4cc(-c5c6ccccc6c(-c6ccc7sc8ccc9sccc9c8c7c6)c6ccccc56)ccc4c3c12. The number of para-hydroxylation sites is 1. The van der Waals surface area contributed by atoms with Crippen molar-refractivity contribution in [1.29, 1.82) is 0 Å². The number of thiophene rings is 2. The lowest BCUT2D eigenvalue weighted by atomic mass is 9.85. The van der Waals surface area contributed by atoms with Crippen LogP contribution in [0, 0.1) is 0 Å². The van der Waals surface area contributed by atoms with Gasteiger partial charge in [0.15, 0.2) is 0 Å². The first-order valence-electron chi connectivity index (χ1n) is 16.8. The Hall–Kier alpha value is -5.94. The van der Waals surface area contributed by atoms with Crippen LogP contribution in [0.3, 0.4) is 0 Å². The zero-order valence-corrected chi connectivity index (χ0v) is 28.1. The van der Waals surface area contributed by atoms with Crippen LogP contribution in [0.1, 0.15) is 0 Å². The number of rotatable bonds is 2. The van der Waals surface area contributed by atoms with E-state index < -0.39 is 0 Å². The van der Waals surface area contributed by atoms with E-state index in [2.05, 4.69) is 121 Å². The van der Waals surface area contributed by atoms with Crippen LogP contribution < -0.4 is 0 Å². The second-order valence-electron chi connectivity index (χ2n) is 13.1. The fourth-order valence-electron chi connectivity index (χ4n) is 8.46. The third-order valence-corrected chi connectivity index (χ3v) is 12.6. The molecule has 4 heteroatoms. The first kappa shape index (κ1) is 26.9. The standard InChI is InChI=1S/C46H24O2S2/c1-3-9-29-27(7-1)42(25-14-18-40-34(23-25)44-33-21-22-49-39(33)19-20-41(44)50-40)28-8-2-4-10-30(28)43(29)26-13-15-32-38(24-26)48-37-17-16-36-45(46(32)37)31-11-5-6-12-35(31)47-36/h1-24H. The Morgan fingerprint density at radius 2 is 0.900 bits per heavy atom. The minimum atomic E-state index is 0.873. The van der Waals surface area contributed by atoms with Gasteiger partial charge in [0.05, 0.1) is 0 Å². The molecule has 12 aromatic rings. The third-order valence-electron chi connectivity index (χ3n) is 10.6. The Kier molecular flexibility index (Phi) is 5.29. The molecule has 0 saturated heterocycles. The second kappa shape index (κ2) is 9.82. The van der Waals surface area contributed by atoms with Crippen molar-refractivity contribution in [1.82, 2.24) is 0 Å². The third kappa shape index (κ3) is 3.56. The van der Waals surface area contributed by atoms with Crippen LogP contribution >= 0.6 is 22.7 Å². The van der Waals surface area contributed by atoms with Crippen LogP contribution in [-0.4, -0.2) is 0 Å². The second-order valence-corrected chi connectivity index (χ2v) is 15.2. The van der Waals surface area contributed by atoms with Gasteiger partial charge in [-0.25, -0.2) is 0 Å². The maximum atomic E-state index is 6.61. The van der Waals surface area contributed by atoms with Crippen molar-refractivity contribution < 1.29 is 8.83 Å². The molecule has 0 spiro atoms. The Morgan fingerprint density at radius 3 is 1.62 bits per heavy atom. The molecule has 12 rings (SSSR count). The highest BCUT2D eigenvalue weighted by molar-refractivity contribution is 7.26. The van der Waals surface area contributed by atoms with Crippen LogP contribution in [0.2, 0.25) is 0 Å². The summed E-state index contributed by atoms with van der Waals surface area (Å²) < 4.78 is 16.9. The highest BCUT2D eigenvalue weighted by atomic mass is 32.1. The fourth-order valence-corrected chi connectivity index (χ4v) is 10.4. The van der Waals surface area contributed by atoms with Crippen LogP contribution in [-0.2, 0) is 0 Å². The van der Waals surface area contributed by atoms with Gasteiger partial charge in [0.25, 0.3) is 0 Å². The van der Waals surface area contributed by atoms with Gasteiger partial charge in [-0.2, -0.15) is 0 Å². The van der Waals surface area contributed by atoms with Crippen LogP contribution in [0.5, 0.6) is 0 Å². The molecule has 0 amide bonds. The molecule has 0 atom stereocenters. The molecule has 2 nitrogen and oxygen atoms in total. The van der Waals surface area contributed by atoms with E-state index in [9.17, 15) is 0 Å². The summed E-state index contributed by atoms with van der Waals surface area (Å²) in [5.41, 5.74) is 8.41. The molecule has 0 aliphatic heterocycles. The number of hydrogen-bond acceptors (Lipinski definition) is 4. The normalized spacial score (nSPS) is 12.4. The number of furan rings is 2. The van der Waals surface area contributed by atoms with Crippen molar-refractivity contribution in [2.75, 3.05) is 0 Å². The highest BCUT2D eigenvalue weighted by Gasteiger charge is 2.20. The zero-order chi connectivity index (χ0) is 32.5. The molecule has 50 heavy (non-hydrogen) atoms. The van der Waals surface area contributed by atoms with Gasteiger partial charge in [-0.15, -0.1) is 22.7 Å². The van der Waals surface area contributed by atoms with E-state index in [0.29, 0.717) is 0 Å². The lowest BCUT2D eigenvalue weighted by Gasteiger charge is -2.18. The fraction of sp³-hybridized carbons (Fsp3) is 0. The molecule has 0 unspecified atom stereocenters. The Morgan fingerprint density at radius 1 is 0.340 bits per heavy atom. The largest absolute Gasteiger partial charge is 0.456 e. The molecular weight excluding hydrogens is 649 g/mol. The molecule has 0 fully saturated rings. The molecule has 8 aromatic carbocycles. The Labute approximate surface area is 293 Å². The average Bonchev–Trinajstić information content (AvgIpc) is 3.95. The van der Waals surface area contributed by atoms with Crippen LogP contribution in [0.4, 0.5) is 0 Å². The Balaban J connectivity index is 1.13. The molecule has 0 aliphatic rings. The van der Waals surface area contributed by atoms with Crippen molar-refractivity contribution in [3.63, 3.8) is 0 Å². The maximum Gasteiger partial charge on any atom is 0.136 e. The monoisotopic (exact) mass is 672 g/mol. The summed E-state index contributed by atoms with van der Waals surface area (Å²) in [7, 11) is 0. The van der Waals surface area contributed by atoms with Gasteiger partial charge in [-0.1, -0.05) is 78.9 Å². The van der Waals surface area contributed by atoms with Crippen molar-refractivity contribution >= 4 is 118 Å². The molecule has 0 bridgehead atoms. The van der Waals surface area contributed by atoms with Crippen molar-refractivity contribution in [3.05, 3.63) is 145 Å². The lowest BCUT2D eigenvalue weighted by molar-refractivity contribution is 0.663. The van der Waals surface area contributed by atoms with Crippen molar-refractivity contribution in [3.8, 4) is 22.3 Å². The van der Waals surface area contributed by atoms with Gasteiger partial charge in [0.1, 0.15) is 22.3 Å². The predicted octanol–water partition coefficient (Wildman–Crippen LogP) is 14.7. The van der Waals surface area contributed by atoms with Gasteiger partial charge in [0.2, 0.25) is 0 Å². The molecule has 0 aliphatic carbocycles. The molecule has 4 aromatic heterocycles. The summed E-state index contributed by atoms with van der Waals surface area (Å²) >= 11 is 3.70. The topological polar surface area (TPSA) is 26.3 Å². The summed E-state index contributed by atoms with van der Waals surface area (Å²) in [4.78, 5) is 0.